The average molecular weight is 278 g/mol. The minimum Gasteiger partial charge on any atom is -0.391 e. The normalized spacial score (nSPS) is 23.9. The van der Waals surface area contributed by atoms with Crippen LogP contribution in [-0.4, -0.2) is 52.3 Å². The van der Waals surface area contributed by atoms with E-state index in [-0.39, 0.29) is 12.1 Å². The van der Waals surface area contributed by atoms with Gasteiger partial charge in [-0.25, -0.2) is 0 Å². The zero-order valence-electron chi connectivity index (χ0n) is 11.7. The molecule has 2 saturated heterocycles. The molecule has 0 bridgehead atoms. The molecule has 7 heteroatoms. The van der Waals surface area contributed by atoms with Gasteiger partial charge in [0.15, 0.2) is 0 Å². The van der Waals surface area contributed by atoms with Crippen LogP contribution < -0.4 is 15.5 Å². The number of piperidine rings is 2. The molecule has 0 saturated carbocycles. The minimum atomic E-state index is -0.305. The summed E-state index contributed by atoms with van der Waals surface area (Å²) in [7, 11) is 0. The maximum absolute atomic E-state index is 9.77. The molecule has 3 heterocycles. The van der Waals surface area contributed by atoms with Gasteiger partial charge in [-0.3, -0.25) is 0 Å². The second-order valence-electron chi connectivity index (χ2n) is 5.58. The first kappa shape index (κ1) is 13.4. The molecule has 2 aliphatic heterocycles. The molecule has 2 aliphatic rings. The molecule has 1 aromatic heterocycles. The molecular weight excluding hydrogens is 256 g/mol. The predicted molar refractivity (Wildman–Crippen MR) is 77.8 cm³/mol. The number of hydrogen-bond donors (Lipinski definition) is 2. The van der Waals surface area contributed by atoms with Gasteiger partial charge in [-0.2, -0.15) is 15.0 Å². The van der Waals surface area contributed by atoms with Crippen molar-refractivity contribution in [2.75, 3.05) is 41.7 Å². The number of rotatable bonds is 2. The van der Waals surface area contributed by atoms with Gasteiger partial charge >= 0.3 is 0 Å². The quantitative estimate of drug-likeness (QED) is 0.809. The Morgan fingerprint density at radius 2 is 1.55 bits per heavy atom. The Hall–Kier alpha value is -1.63. The third-order valence-electron chi connectivity index (χ3n) is 3.95. The van der Waals surface area contributed by atoms with E-state index in [1.807, 2.05) is 4.90 Å². The fourth-order valence-corrected chi connectivity index (χ4v) is 2.88. The van der Waals surface area contributed by atoms with Crippen molar-refractivity contribution in [1.82, 2.24) is 15.0 Å². The van der Waals surface area contributed by atoms with Gasteiger partial charge in [-0.05, 0) is 32.1 Å². The highest BCUT2D eigenvalue weighted by Gasteiger charge is 2.22. The SMILES string of the molecule is Nc1nc(N2CCCCC2)nc(N2CCCC(O)C2)n1. The summed E-state index contributed by atoms with van der Waals surface area (Å²) in [5, 5.41) is 9.77. The van der Waals surface area contributed by atoms with Crippen LogP contribution in [0, 0.1) is 0 Å². The maximum atomic E-state index is 9.77. The van der Waals surface area contributed by atoms with E-state index in [0.29, 0.717) is 18.4 Å². The number of aromatic nitrogens is 3. The number of anilines is 3. The molecule has 1 aromatic rings. The first-order chi connectivity index (χ1) is 9.72. The molecule has 2 fully saturated rings. The Bertz CT molecular complexity index is 462. The number of aliphatic hydroxyl groups is 1. The number of aliphatic hydroxyl groups excluding tert-OH is 1. The zero-order valence-corrected chi connectivity index (χ0v) is 11.7. The van der Waals surface area contributed by atoms with Crippen LogP contribution in [0.5, 0.6) is 0 Å². The largest absolute Gasteiger partial charge is 0.391 e. The van der Waals surface area contributed by atoms with Gasteiger partial charge < -0.3 is 20.6 Å². The van der Waals surface area contributed by atoms with Crippen LogP contribution in [0.4, 0.5) is 17.8 Å². The van der Waals surface area contributed by atoms with E-state index in [2.05, 4.69) is 19.9 Å². The highest BCUT2D eigenvalue weighted by molar-refractivity contribution is 5.44. The van der Waals surface area contributed by atoms with Gasteiger partial charge in [-0.1, -0.05) is 0 Å². The van der Waals surface area contributed by atoms with E-state index >= 15 is 0 Å². The fraction of sp³-hybridized carbons (Fsp3) is 0.769. The summed E-state index contributed by atoms with van der Waals surface area (Å²) in [5.41, 5.74) is 5.83. The number of nitrogens with zero attached hydrogens (tertiary/aromatic N) is 5. The Morgan fingerprint density at radius 3 is 2.25 bits per heavy atom. The third-order valence-corrected chi connectivity index (χ3v) is 3.95. The lowest BCUT2D eigenvalue weighted by molar-refractivity contribution is 0.153. The Balaban J connectivity index is 1.82. The highest BCUT2D eigenvalue weighted by Crippen LogP contribution is 2.21. The van der Waals surface area contributed by atoms with Gasteiger partial charge in [0, 0.05) is 26.2 Å². The second-order valence-corrected chi connectivity index (χ2v) is 5.58. The molecular formula is C13H22N6O. The maximum Gasteiger partial charge on any atom is 0.232 e. The summed E-state index contributed by atoms with van der Waals surface area (Å²) in [6.45, 7) is 3.39. The van der Waals surface area contributed by atoms with Crippen molar-refractivity contribution < 1.29 is 5.11 Å². The molecule has 0 radical (unpaired) electrons. The lowest BCUT2D eigenvalue weighted by Crippen LogP contribution is -2.40. The summed E-state index contributed by atoms with van der Waals surface area (Å²) in [5.74, 6) is 1.53. The summed E-state index contributed by atoms with van der Waals surface area (Å²) >= 11 is 0. The van der Waals surface area contributed by atoms with Gasteiger partial charge in [0.25, 0.3) is 0 Å². The molecule has 3 rings (SSSR count). The van der Waals surface area contributed by atoms with Gasteiger partial charge in [0.05, 0.1) is 6.10 Å². The van der Waals surface area contributed by atoms with E-state index in [1.54, 1.807) is 0 Å². The van der Waals surface area contributed by atoms with Gasteiger partial charge in [0.2, 0.25) is 17.8 Å². The molecule has 0 amide bonds. The molecule has 7 nitrogen and oxygen atoms in total. The predicted octanol–water partition coefficient (Wildman–Crippen LogP) is 0.405. The molecule has 1 atom stereocenters. The van der Waals surface area contributed by atoms with E-state index in [9.17, 15) is 5.11 Å². The van der Waals surface area contributed by atoms with E-state index in [4.69, 9.17) is 5.73 Å². The van der Waals surface area contributed by atoms with Crippen LogP contribution >= 0.6 is 0 Å². The number of β-amino-alcohol motifs (C(OH)–C–C–N with tert-alkyl or cyclic N) is 1. The Labute approximate surface area is 118 Å². The van der Waals surface area contributed by atoms with Crippen LogP contribution in [0.15, 0.2) is 0 Å². The number of hydrogen-bond acceptors (Lipinski definition) is 7. The molecule has 20 heavy (non-hydrogen) atoms. The highest BCUT2D eigenvalue weighted by atomic mass is 16.3. The van der Waals surface area contributed by atoms with E-state index in [1.165, 1.54) is 19.3 Å². The van der Waals surface area contributed by atoms with Crippen molar-refractivity contribution in [3.63, 3.8) is 0 Å². The van der Waals surface area contributed by atoms with Crippen molar-refractivity contribution in [3.8, 4) is 0 Å². The smallest absolute Gasteiger partial charge is 0.232 e. The second kappa shape index (κ2) is 5.78. The molecule has 1 unspecified atom stereocenters. The molecule has 3 N–H and O–H groups in total. The van der Waals surface area contributed by atoms with Crippen molar-refractivity contribution in [2.24, 2.45) is 0 Å². The van der Waals surface area contributed by atoms with Crippen molar-refractivity contribution in [3.05, 3.63) is 0 Å². The van der Waals surface area contributed by atoms with Crippen LogP contribution in [0.2, 0.25) is 0 Å². The lowest BCUT2D eigenvalue weighted by Gasteiger charge is -2.31. The summed E-state index contributed by atoms with van der Waals surface area (Å²) in [4.78, 5) is 17.2. The van der Waals surface area contributed by atoms with Crippen LogP contribution in [0.25, 0.3) is 0 Å². The van der Waals surface area contributed by atoms with Crippen LogP contribution in [-0.2, 0) is 0 Å². The first-order valence-corrected chi connectivity index (χ1v) is 7.42. The lowest BCUT2D eigenvalue weighted by atomic mass is 10.1. The summed E-state index contributed by atoms with van der Waals surface area (Å²) < 4.78 is 0. The minimum absolute atomic E-state index is 0.260. The fourth-order valence-electron chi connectivity index (χ4n) is 2.88. The van der Waals surface area contributed by atoms with Crippen LogP contribution in [0.1, 0.15) is 32.1 Å². The molecule has 0 aromatic carbocycles. The third kappa shape index (κ3) is 2.92. The molecule has 0 aliphatic carbocycles. The molecule has 110 valence electrons. The van der Waals surface area contributed by atoms with Crippen LogP contribution in [0.3, 0.4) is 0 Å². The van der Waals surface area contributed by atoms with Gasteiger partial charge in [-0.15, -0.1) is 0 Å². The topological polar surface area (TPSA) is 91.4 Å². The summed E-state index contributed by atoms with van der Waals surface area (Å²) in [6, 6.07) is 0. The zero-order chi connectivity index (χ0) is 13.9. The number of nitrogens with two attached hydrogens (primary N) is 1. The standard InChI is InChI=1S/C13H22N6O/c14-11-15-12(18-6-2-1-3-7-18)17-13(16-11)19-8-4-5-10(20)9-19/h10,20H,1-9H2,(H2,14,15,16,17). The summed E-state index contributed by atoms with van der Waals surface area (Å²) in [6.07, 6.45) is 5.09. The molecule has 0 spiro atoms. The van der Waals surface area contributed by atoms with Crippen molar-refractivity contribution >= 4 is 17.8 Å². The van der Waals surface area contributed by atoms with Gasteiger partial charge in [0.1, 0.15) is 0 Å². The van der Waals surface area contributed by atoms with Crippen molar-refractivity contribution in [1.29, 1.82) is 0 Å². The monoisotopic (exact) mass is 278 g/mol. The number of nitrogen functional groups attached to an aromatic ring is 1. The average Bonchev–Trinajstić information content (AvgIpc) is 2.47. The Morgan fingerprint density at radius 1 is 0.900 bits per heavy atom. The Kier molecular flexibility index (Phi) is 3.86. The first-order valence-electron chi connectivity index (χ1n) is 7.42. The van der Waals surface area contributed by atoms with E-state index < -0.39 is 0 Å². The van der Waals surface area contributed by atoms with Crippen molar-refractivity contribution in [2.45, 2.75) is 38.2 Å². The van der Waals surface area contributed by atoms with E-state index in [0.717, 1.165) is 32.5 Å².